The van der Waals surface area contributed by atoms with Crippen LogP contribution in [0.3, 0.4) is 0 Å². The molecule has 7 nitrogen and oxygen atoms in total. The van der Waals surface area contributed by atoms with Crippen LogP contribution in [0.2, 0.25) is 0 Å². The molecule has 0 radical (unpaired) electrons. The number of nitrogens with zero attached hydrogens (tertiary/aromatic N) is 3. The van der Waals surface area contributed by atoms with Crippen molar-refractivity contribution < 1.29 is 4.39 Å². The number of aromatic nitrogens is 4. The maximum Gasteiger partial charge on any atom is 0.259 e. The number of hydrogen-bond donors (Lipinski definition) is 3. The van der Waals surface area contributed by atoms with Gasteiger partial charge >= 0.3 is 0 Å². The number of halogens is 1. The predicted molar refractivity (Wildman–Crippen MR) is 123 cm³/mol. The van der Waals surface area contributed by atoms with Gasteiger partial charge in [-0.1, -0.05) is 6.07 Å². The quantitative estimate of drug-likeness (QED) is 0.451. The van der Waals surface area contributed by atoms with Crippen LogP contribution in [-0.4, -0.2) is 32.5 Å². The maximum atomic E-state index is 15.0. The predicted octanol–water partition coefficient (Wildman–Crippen LogP) is 4.12. The molecule has 3 N–H and O–H groups in total. The second-order valence-electron chi connectivity index (χ2n) is 8.19. The van der Waals surface area contributed by atoms with Crippen molar-refractivity contribution in [2.45, 2.75) is 31.7 Å². The third kappa shape index (κ3) is 3.97. The second-order valence-corrected chi connectivity index (χ2v) is 8.19. The van der Waals surface area contributed by atoms with Crippen LogP contribution in [0, 0.1) is 5.82 Å². The van der Waals surface area contributed by atoms with Crippen LogP contribution in [0.1, 0.15) is 31.2 Å². The summed E-state index contributed by atoms with van der Waals surface area (Å²) < 4.78 is 15.0. The van der Waals surface area contributed by atoms with Gasteiger partial charge in [-0.15, -0.1) is 0 Å². The first-order valence-electron chi connectivity index (χ1n) is 10.7. The molecule has 4 heterocycles. The Kier molecular flexibility index (Phi) is 5.36. The minimum Gasteiger partial charge on any atom is -0.339 e. The Morgan fingerprint density at radius 2 is 2.00 bits per heavy atom. The lowest BCUT2D eigenvalue weighted by Gasteiger charge is -2.28. The van der Waals surface area contributed by atoms with Gasteiger partial charge in [-0.3, -0.25) is 4.79 Å². The van der Waals surface area contributed by atoms with Gasteiger partial charge < -0.3 is 15.6 Å². The summed E-state index contributed by atoms with van der Waals surface area (Å²) in [5.41, 5.74) is 2.34. The van der Waals surface area contributed by atoms with Crippen molar-refractivity contribution in [1.82, 2.24) is 25.3 Å². The fraction of sp³-hybridized carbons (Fsp3) is 0.250. The van der Waals surface area contributed by atoms with E-state index in [2.05, 4.69) is 37.5 Å². The van der Waals surface area contributed by atoms with E-state index in [-0.39, 0.29) is 17.3 Å². The number of piperidine rings is 1. The fourth-order valence-electron chi connectivity index (χ4n) is 4.37. The van der Waals surface area contributed by atoms with E-state index in [1.807, 2.05) is 18.2 Å². The van der Waals surface area contributed by atoms with Gasteiger partial charge in [-0.05, 0) is 67.4 Å². The number of aromatic amines is 1. The molecular formula is C24H23FN6O. The van der Waals surface area contributed by atoms with Crippen LogP contribution in [0.5, 0.6) is 0 Å². The van der Waals surface area contributed by atoms with Gasteiger partial charge in [0.1, 0.15) is 18.0 Å². The van der Waals surface area contributed by atoms with Gasteiger partial charge in [0.25, 0.3) is 5.56 Å². The number of H-pyrrole nitrogens is 1. The summed E-state index contributed by atoms with van der Waals surface area (Å²) in [6, 6.07) is 9.15. The minimum atomic E-state index is -0.269. The monoisotopic (exact) mass is 430 g/mol. The molecule has 1 aromatic carbocycles. The molecule has 0 spiro atoms. The Balaban J connectivity index is 1.53. The molecule has 0 bridgehead atoms. The Morgan fingerprint density at radius 1 is 1.16 bits per heavy atom. The van der Waals surface area contributed by atoms with Crippen molar-refractivity contribution in [1.29, 1.82) is 0 Å². The van der Waals surface area contributed by atoms with Crippen LogP contribution >= 0.6 is 0 Å². The molecule has 0 aliphatic carbocycles. The largest absolute Gasteiger partial charge is 0.339 e. The highest BCUT2D eigenvalue weighted by atomic mass is 19.1. The molecule has 0 amide bonds. The summed E-state index contributed by atoms with van der Waals surface area (Å²) in [6.07, 6.45) is 8.18. The molecule has 1 aliphatic heterocycles. The Morgan fingerprint density at radius 3 is 2.78 bits per heavy atom. The lowest BCUT2D eigenvalue weighted by Crippen LogP contribution is -2.35. The number of rotatable bonds is 4. The molecule has 4 aromatic rings. The Labute approximate surface area is 184 Å². The number of fused-ring (bicyclic) bond motifs is 1. The molecule has 1 saturated heterocycles. The van der Waals surface area contributed by atoms with Crippen molar-refractivity contribution in [2.24, 2.45) is 0 Å². The van der Waals surface area contributed by atoms with E-state index >= 15 is 4.39 Å². The van der Waals surface area contributed by atoms with Gasteiger partial charge in [0.05, 0.1) is 11.1 Å². The normalized spacial score (nSPS) is 18.6. The van der Waals surface area contributed by atoms with E-state index in [0.29, 0.717) is 34.0 Å². The average molecular weight is 430 g/mol. The van der Waals surface area contributed by atoms with Crippen molar-refractivity contribution in [3.63, 3.8) is 0 Å². The number of anilines is 2. The number of benzene rings is 1. The molecule has 2 unspecified atom stereocenters. The summed E-state index contributed by atoms with van der Waals surface area (Å²) in [5, 5.41) is 7.68. The Bertz CT molecular complexity index is 1320. The van der Waals surface area contributed by atoms with E-state index in [1.54, 1.807) is 24.7 Å². The van der Waals surface area contributed by atoms with Crippen LogP contribution in [0.25, 0.3) is 22.0 Å². The summed E-state index contributed by atoms with van der Waals surface area (Å²) in [7, 11) is 0. The summed E-state index contributed by atoms with van der Waals surface area (Å²) in [5.74, 6) is 0.300. The molecule has 3 aromatic heterocycles. The van der Waals surface area contributed by atoms with Gasteiger partial charge in [0.2, 0.25) is 0 Å². The highest BCUT2D eigenvalue weighted by Gasteiger charge is 2.22. The van der Waals surface area contributed by atoms with Crippen LogP contribution < -0.4 is 16.2 Å². The minimum absolute atomic E-state index is 0.198. The van der Waals surface area contributed by atoms with Gasteiger partial charge in [-0.2, -0.15) is 0 Å². The number of hydrogen-bond acceptors (Lipinski definition) is 6. The molecule has 2 atom stereocenters. The molecule has 0 saturated carbocycles. The van der Waals surface area contributed by atoms with Gasteiger partial charge in [0, 0.05) is 35.9 Å². The highest BCUT2D eigenvalue weighted by Crippen LogP contribution is 2.32. The maximum absolute atomic E-state index is 15.0. The van der Waals surface area contributed by atoms with Crippen LogP contribution in [0.15, 0.2) is 60.0 Å². The third-order valence-electron chi connectivity index (χ3n) is 5.94. The average Bonchev–Trinajstić information content (AvgIpc) is 2.79. The van der Waals surface area contributed by atoms with E-state index in [4.69, 9.17) is 0 Å². The zero-order valence-corrected chi connectivity index (χ0v) is 17.6. The molecule has 162 valence electrons. The molecule has 32 heavy (non-hydrogen) atoms. The summed E-state index contributed by atoms with van der Waals surface area (Å²) in [6.45, 7) is 3.01. The molecule has 5 rings (SSSR count). The van der Waals surface area contributed by atoms with E-state index < -0.39 is 0 Å². The SMILES string of the molecule is CC1CC(c2ccc(Nc3nc(-c4cncnc4)cc4cc[nH]c(=O)c34)cc2F)CCN1. The molecular weight excluding hydrogens is 407 g/mol. The first-order chi connectivity index (χ1) is 15.6. The van der Waals surface area contributed by atoms with E-state index in [9.17, 15) is 4.79 Å². The topological polar surface area (TPSA) is 95.6 Å². The van der Waals surface area contributed by atoms with Crippen LogP contribution in [-0.2, 0) is 0 Å². The van der Waals surface area contributed by atoms with Crippen molar-refractivity contribution in [3.8, 4) is 11.3 Å². The number of pyridine rings is 2. The van der Waals surface area contributed by atoms with Gasteiger partial charge in [-0.25, -0.2) is 19.3 Å². The lowest BCUT2D eigenvalue weighted by atomic mass is 9.86. The van der Waals surface area contributed by atoms with Crippen molar-refractivity contribution in [3.05, 3.63) is 77.0 Å². The zero-order chi connectivity index (χ0) is 22.1. The van der Waals surface area contributed by atoms with Crippen molar-refractivity contribution >= 4 is 22.3 Å². The first kappa shape index (κ1) is 20.3. The standard InChI is InChI=1S/C24H23FN6O/c1-14-8-15(4-6-28-14)19-3-2-18(10-20(19)25)30-23-22-16(5-7-29-24(22)32)9-21(31-23)17-11-26-13-27-12-17/h2-3,5,7,9-15,28H,4,6,8H2,1H3,(H,29,32)(H,30,31). The summed E-state index contributed by atoms with van der Waals surface area (Å²) in [4.78, 5) is 28.0. The second kappa shape index (κ2) is 8.47. The van der Waals surface area contributed by atoms with Crippen LogP contribution in [0.4, 0.5) is 15.9 Å². The lowest BCUT2D eigenvalue weighted by molar-refractivity contribution is 0.374. The zero-order valence-electron chi connectivity index (χ0n) is 17.6. The highest BCUT2D eigenvalue weighted by molar-refractivity contribution is 5.95. The van der Waals surface area contributed by atoms with E-state index in [1.165, 1.54) is 12.4 Å². The smallest absolute Gasteiger partial charge is 0.259 e. The fourth-order valence-corrected chi connectivity index (χ4v) is 4.37. The Hall–Kier alpha value is -3.65. The molecule has 8 heteroatoms. The van der Waals surface area contributed by atoms with Crippen molar-refractivity contribution in [2.75, 3.05) is 11.9 Å². The first-order valence-corrected chi connectivity index (χ1v) is 10.7. The van der Waals surface area contributed by atoms with Gasteiger partial charge in [0.15, 0.2) is 0 Å². The molecule has 1 fully saturated rings. The summed E-state index contributed by atoms with van der Waals surface area (Å²) >= 11 is 0. The van der Waals surface area contributed by atoms with E-state index in [0.717, 1.165) is 30.5 Å². The number of nitrogens with one attached hydrogen (secondary N) is 3. The molecule has 1 aliphatic rings. The third-order valence-corrected chi connectivity index (χ3v) is 5.94.